The van der Waals surface area contributed by atoms with E-state index >= 15 is 0 Å². The summed E-state index contributed by atoms with van der Waals surface area (Å²) in [5.41, 5.74) is 2.53. The van der Waals surface area contributed by atoms with Gasteiger partial charge in [0.05, 0.1) is 4.90 Å². The number of benzene rings is 5. The number of anilines is 1. The summed E-state index contributed by atoms with van der Waals surface area (Å²) in [6, 6.07) is 33.2. The normalized spacial score (nSPS) is 11.7. The molecule has 252 valence electrons. The first-order valence-corrected chi connectivity index (χ1v) is 17.4. The van der Waals surface area contributed by atoms with Crippen LogP contribution in [0.5, 0.6) is 5.75 Å². The maximum Gasteiger partial charge on any atom is 0.261 e. The molecule has 0 fully saturated rings. The molecule has 0 unspecified atom stereocenters. The van der Waals surface area contributed by atoms with Gasteiger partial charge in [-0.25, -0.2) is 12.8 Å². The number of carbonyl (C=O) groups is 2. The number of hydrogen-bond acceptors (Lipinski definition) is 5. The van der Waals surface area contributed by atoms with Crippen molar-refractivity contribution in [3.63, 3.8) is 0 Å². The fourth-order valence-electron chi connectivity index (χ4n) is 4.97. The van der Waals surface area contributed by atoms with E-state index in [1.165, 1.54) is 41.3 Å². The Morgan fingerprint density at radius 1 is 0.796 bits per heavy atom. The Balaban J connectivity index is 1.34. The van der Waals surface area contributed by atoms with Crippen LogP contribution in [0.25, 0.3) is 0 Å². The van der Waals surface area contributed by atoms with Crippen LogP contribution in [-0.2, 0) is 39.1 Å². The molecule has 0 radical (unpaired) electrons. The number of amides is 2. The van der Waals surface area contributed by atoms with Crippen molar-refractivity contribution >= 4 is 50.7 Å². The lowest BCUT2D eigenvalue weighted by atomic mass is 10.0. The number of hydrogen-bond donors (Lipinski definition) is 2. The lowest BCUT2D eigenvalue weighted by molar-refractivity contribution is -0.142. The van der Waals surface area contributed by atoms with Crippen molar-refractivity contribution in [3.05, 3.63) is 160 Å². The predicted molar refractivity (Wildman–Crippen MR) is 188 cm³/mol. The summed E-state index contributed by atoms with van der Waals surface area (Å²) in [6.07, 6.45) is 0.229. The molecular formula is C37H32Cl2FN3O5S. The van der Waals surface area contributed by atoms with Gasteiger partial charge in [0.1, 0.15) is 17.6 Å². The minimum absolute atomic E-state index is 0.0541. The topological polar surface area (TPSA) is 105 Å². The van der Waals surface area contributed by atoms with Gasteiger partial charge in [-0.2, -0.15) is 0 Å². The molecule has 0 bridgehead atoms. The van der Waals surface area contributed by atoms with Crippen molar-refractivity contribution in [2.75, 3.05) is 11.3 Å². The molecule has 0 aliphatic rings. The molecule has 1 atom stereocenters. The van der Waals surface area contributed by atoms with Crippen LogP contribution in [0.15, 0.2) is 132 Å². The number of nitrogens with one attached hydrogen (secondary N) is 2. The molecule has 2 amide bonds. The van der Waals surface area contributed by atoms with Gasteiger partial charge in [-0.1, -0.05) is 89.9 Å². The molecule has 0 saturated heterocycles. The van der Waals surface area contributed by atoms with E-state index in [1.54, 1.807) is 18.2 Å². The molecule has 8 nitrogen and oxygen atoms in total. The van der Waals surface area contributed by atoms with Crippen LogP contribution in [0.4, 0.5) is 10.1 Å². The number of nitrogens with zero attached hydrogens (tertiary/aromatic N) is 1. The first-order valence-electron chi connectivity index (χ1n) is 15.2. The summed E-state index contributed by atoms with van der Waals surface area (Å²) in [5.74, 6) is -1.09. The average molecular weight is 721 g/mol. The lowest BCUT2D eigenvalue weighted by Gasteiger charge is -2.31. The zero-order valence-corrected chi connectivity index (χ0v) is 28.4. The van der Waals surface area contributed by atoms with Gasteiger partial charge >= 0.3 is 0 Å². The summed E-state index contributed by atoms with van der Waals surface area (Å²) in [6.45, 7) is -0.175. The largest absolute Gasteiger partial charge is 0.484 e. The molecule has 5 aromatic carbocycles. The maximum atomic E-state index is 13.9. The summed E-state index contributed by atoms with van der Waals surface area (Å²) in [5, 5.41) is 3.81. The standard InChI is InChI=1S/C37H32Cl2FN3O5S/c38-29-12-11-28(34(39)22-29)23-41-37(45)35(21-26-7-3-1-4-8-26)43(24-27-9-5-2-6-10-27)36(44)25-48-32-17-19-33(20-18-32)49(46,47)42-31-15-13-30(40)14-16-31/h1-20,22,35,42H,21,23-25H2,(H,41,45)/t35-/m0/s1. The van der Waals surface area contributed by atoms with E-state index in [2.05, 4.69) is 10.0 Å². The molecule has 0 aromatic heterocycles. The molecule has 5 aromatic rings. The van der Waals surface area contributed by atoms with E-state index < -0.39 is 34.4 Å². The van der Waals surface area contributed by atoms with Crippen molar-refractivity contribution in [2.45, 2.75) is 30.4 Å². The van der Waals surface area contributed by atoms with Crippen molar-refractivity contribution in [2.24, 2.45) is 0 Å². The minimum Gasteiger partial charge on any atom is -0.484 e. The van der Waals surface area contributed by atoms with Crippen molar-refractivity contribution < 1.29 is 27.1 Å². The highest BCUT2D eigenvalue weighted by Crippen LogP contribution is 2.23. The van der Waals surface area contributed by atoms with Crippen LogP contribution >= 0.6 is 23.2 Å². The Kier molecular flexibility index (Phi) is 11.9. The second kappa shape index (κ2) is 16.5. The van der Waals surface area contributed by atoms with Gasteiger partial charge in [-0.15, -0.1) is 0 Å². The molecule has 2 N–H and O–H groups in total. The molecule has 0 aliphatic carbocycles. The van der Waals surface area contributed by atoms with Crippen molar-refractivity contribution in [1.29, 1.82) is 0 Å². The molecule has 0 spiro atoms. The number of carbonyl (C=O) groups excluding carboxylic acids is 2. The van der Waals surface area contributed by atoms with E-state index in [-0.39, 0.29) is 41.7 Å². The number of ether oxygens (including phenoxy) is 1. The monoisotopic (exact) mass is 719 g/mol. The number of rotatable bonds is 14. The quantitative estimate of drug-likeness (QED) is 0.126. The second-order valence-corrected chi connectivity index (χ2v) is 13.6. The van der Waals surface area contributed by atoms with Crippen molar-refractivity contribution in [1.82, 2.24) is 10.2 Å². The van der Waals surface area contributed by atoms with E-state index in [0.29, 0.717) is 15.6 Å². The van der Waals surface area contributed by atoms with Gasteiger partial charge in [-0.05, 0) is 77.4 Å². The zero-order chi connectivity index (χ0) is 34.8. The summed E-state index contributed by atoms with van der Waals surface area (Å²) < 4.78 is 47.1. The third-order valence-electron chi connectivity index (χ3n) is 7.53. The van der Waals surface area contributed by atoms with Crippen LogP contribution in [0.3, 0.4) is 0 Å². The van der Waals surface area contributed by atoms with E-state index in [1.807, 2.05) is 60.7 Å². The average Bonchev–Trinajstić information content (AvgIpc) is 3.10. The van der Waals surface area contributed by atoms with Crippen LogP contribution < -0.4 is 14.8 Å². The lowest BCUT2D eigenvalue weighted by Crippen LogP contribution is -2.51. The third kappa shape index (κ3) is 10.1. The van der Waals surface area contributed by atoms with E-state index in [4.69, 9.17) is 27.9 Å². The molecular weight excluding hydrogens is 688 g/mol. The molecule has 0 aliphatic heterocycles. The maximum absolute atomic E-state index is 13.9. The molecule has 0 saturated carbocycles. The zero-order valence-electron chi connectivity index (χ0n) is 26.1. The van der Waals surface area contributed by atoms with Crippen LogP contribution in [-0.4, -0.2) is 37.8 Å². The molecule has 49 heavy (non-hydrogen) atoms. The van der Waals surface area contributed by atoms with Crippen LogP contribution in [0, 0.1) is 5.82 Å². The number of halogens is 3. The van der Waals surface area contributed by atoms with Crippen LogP contribution in [0.1, 0.15) is 16.7 Å². The Morgan fingerprint density at radius 3 is 2.06 bits per heavy atom. The SMILES string of the molecule is O=C(NCc1ccc(Cl)cc1Cl)[C@H](Cc1ccccc1)N(Cc1ccccc1)C(=O)COc1ccc(S(=O)(=O)Nc2ccc(F)cc2)cc1. The summed E-state index contributed by atoms with van der Waals surface area (Å²) in [7, 11) is -3.97. The first kappa shape index (κ1) is 35.4. The molecule has 12 heteroatoms. The highest BCUT2D eigenvalue weighted by atomic mass is 35.5. The smallest absolute Gasteiger partial charge is 0.261 e. The minimum atomic E-state index is -3.97. The number of sulfonamides is 1. The highest BCUT2D eigenvalue weighted by molar-refractivity contribution is 7.92. The van der Waals surface area contributed by atoms with Gasteiger partial charge < -0.3 is 15.0 Å². The van der Waals surface area contributed by atoms with E-state index in [0.717, 1.165) is 23.3 Å². The van der Waals surface area contributed by atoms with E-state index in [9.17, 15) is 22.4 Å². The Labute approximate surface area is 294 Å². The Bertz CT molecular complexity index is 1980. The Morgan fingerprint density at radius 2 is 1.43 bits per heavy atom. The first-order chi connectivity index (χ1) is 23.6. The van der Waals surface area contributed by atoms with Gasteiger partial charge in [-0.3, -0.25) is 14.3 Å². The third-order valence-corrected chi connectivity index (χ3v) is 9.51. The van der Waals surface area contributed by atoms with Gasteiger partial charge in [0, 0.05) is 35.2 Å². The molecule has 5 rings (SSSR count). The highest BCUT2D eigenvalue weighted by Gasteiger charge is 2.31. The van der Waals surface area contributed by atoms with Crippen LogP contribution in [0.2, 0.25) is 10.0 Å². The predicted octanol–water partition coefficient (Wildman–Crippen LogP) is 7.27. The van der Waals surface area contributed by atoms with Gasteiger partial charge in [0.25, 0.3) is 15.9 Å². The van der Waals surface area contributed by atoms with Gasteiger partial charge in [0.15, 0.2) is 6.61 Å². The van der Waals surface area contributed by atoms with Crippen molar-refractivity contribution in [3.8, 4) is 5.75 Å². The summed E-state index contributed by atoms with van der Waals surface area (Å²) >= 11 is 12.4. The van der Waals surface area contributed by atoms with Gasteiger partial charge in [0.2, 0.25) is 5.91 Å². The second-order valence-electron chi connectivity index (χ2n) is 11.0. The fourth-order valence-corrected chi connectivity index (χ4v) is 6.51. The Hall–Kier alpha value is -4.90. The summed E-state index contributed by atoms with van der Waals surface area (Å²) in [4.78, 5) is 29.2. The fraction of sp³-hybridized carbons (Fsp3) is 0.135. The molecule has 0 heterocycles.